The van der Waals surface area contributed by atoms with E-state index in [1.54, 1.807) is 0 Å². The zero-order valence-corrected chi connectivity index (χ0v) is 19.9. The minimum atomic E-state index is -0.335. The molecule has 1 saturated heterocycles. The highest BCUT2D eigenvalue weighted by Crippen LogP contribution is 2.74. The van der Waals surface area contributed by atoms with Gasteiger partial charge in [-0.05, 0) is 100 Å². The van der Waals surface area contributed by atoms with Gasteiger partial charge in [0, 0.05) is 11.8 Å². The Morgan fingerprint density at radius 1 is 1.07 bits per heavy atom. The second kappa shape index (κ2) is 7.06. The van der Waals surface area contributed by atoms with Crippen molar-refractivity contribution in [2.45, 2.75) is 116 Å². The van der Waals surface area contributed by atoms with E-state index in [9.17, 15) is 10.2 Å². The van der Waals surface area contributed by atoms with Crippen LogP contribution in [0, 0.1) is 40.4 Å². The first-order chi connectivity index (χ1) is 14.1. The molecular weight excluding hydrogens is 372 g/mol. The Morgan fingerprint density at radius 3 is 2.57 bits per heavy atom. The van der Waals surface area contributed by atoms with Crippen molar-refractivity contribution in [1.82, 2.24) is 0 Å². The molecular formula is C27H44O3. The Morgan fingerprint density at radius 2 is 1.83 bits per heavy atom. The van der Waals surface area contributed by atoms with Crippen molar-refractivity contribution in [3.63, 3.8) is 0 Å². The summed E-state index contributed by atoms with van der Waals surface area (Å²) < 4.78 is 6.36. The van der Waals surface area contributed by atoms with Crippen molar-refractivity contribution in [3.05, 3.63) is 11.6 Å². The molecule has 0 aromatic rings. The molecule has 4 aliphatic carbocycles. The molecule has 0 aromatic carbocycles. The molecule has 0 amide bonds. The van der Waals surface area contributed by atoms with Gasteiger partial charge in [0.1, 0.15) is 11.7 Å². The molecule has 1 aliphatic heterocycles. The average Bonchev–Trinajstić information content (AvgIpc) is 3.29. The minimum absolute atomic E-state index is 0.0322. The molecule has 6 unspecified atom stereocenters. The van der Waals surface area contributed by atoms with Gasteiger partial charge in [-0.1, -0.05) is 32.4 Å². The largest absolute Gasteiger partial charge is 0.393 e. The maximum absolute atomic E-state index is 11.5. The van der Waals surface area contributed by atoms with Gasteiger partial charge in [-0.15, -0.1) is 0 Å². The molecule has 0 bridgehead atoms. The summed E-state index contributed by atoms with van der Waals surface area (Å²) in [5, 5.41) is 21.9. The van der Waals surface area contributed by atoms with E-state index in [-0.39, 0.29) is 29.3 Å². The van der Waals surface area contributed by atoms with Crippen LogP contribution in [0.2, 0.25) is 0 Å². The molecule has 5 rings (SSSR count). The van der Waals surface area contributed by atoms with Crippen LogP contribution in [0.25, 0.3) is 0 Å². The first-order valence-corrected chi connectivity index (χ1v) is 12.8. The lowest BCUT2D eigenvalue weighted by Gasteiger charge is -2.60. The van der Waals surface area contributed by atoms with Crippen molar-refractivity contribution < 1.29 is 14.9 Å². The normalized spacial score (nSPS) is 55.0. The van der Waals surface area contributed by atoms with E-state index in [2.05, 4.69) is 40.7 Å². The van der Waals surface area contributed by atoms with Crippen molar-refractivity contribution in [2.24, 2.45) is 40.4 Å². The maximum atomic E-state index is 11.5. The number of aliphatic hydroxyl groups is 2. The van der Waals surface area contributed by atoms with Gasteiger partial charge in [0.2, 0.25) is 0 Å². The van der Waals surface area contributed by atoms with E-state index in [0.29, 0.717) is 23.2 Å². The fraction of sp³-hybridized carbons (Fsp3) is 0.926. The zero-order valence-electron chi connectivity index (χ0n) is 19.9. The predicted octanol–water partition coefficient (Wildman–Crippen LogP) is 5.49. The number of ether oxygens (including phenoxy) is 1. The van der Waals surface area contributed by atoms with Gasteiger partial charge >= 0.3 is 0 Å². The molecule has 30 heavy (non-hydrogen) atoms. The van der Waals surface area contributed by atoms with Gasteiger partial charge in [-0.25, -0.2) is 0 Å². The minimum Gasteiger partial charge on any atom is -0.393 e. The standard InChI is InChI=1S/C27H44O3/c1-16(2)7-6-8-17(3)19-9-10-20-22-21(12-13-25(19,20)4)26(5)14-11-18(28)15-27(26)24(30-27)23(22)29/h7,17-24,28-29H,6,8-15H2,1-5H3/t17?,18-,19?,20?,21?,22?,23+,24+,25+,26+,27?/m0/s1. The van der Waals surface area contributed by atoms with Crippen LogP contribution in [-0.4, -0.2) is 34.1 Å². The molecule has 5 fully saturated rings. The van der Waals surface area contributed by atoms with E-state index < -0.39 is 0 Å². The number of epoxide rings is 1. The second-order valence-electron chi connectivity index (χ2n) is 12.6. The molecule has 1 spiro atoms. The van der Waals surface area contributed by atoms with Crippen LogP contribution in [0.4, 0.5) is 0 Å². The number of aliphatic hydroxyl groups excluding tert-OH is 2. The first kappa shape index (κ1) is 21.5. The van der Waals surface area contributed by atoms with Crippen LogP contribution in [-0.2, 0) is 4.74 Å². The monoisotopic (exact) mass is 416 g/mol. The summed E-state index contributed by atoms with van der Waals surface area (Å²) in [6.07, 6.45) is 12.1. The average molecular weight is 417 g/mol. The summed E-state index contributed by atoms with van der Waals surface area (Å²) in [5.74, 6) is 3.11. The van der Waals surface area contributed by atoms with Gasteiger partial charge in [0.25, 0.3) is 0 Å². The predicted molar refractivity (Wildman–Crippen MR) is 120 cm³/mol. The van der Waals surface area contributed by atoms with Gasteiger partial charge in [-0.3, -0.25) is 0 Å². The van der Waals surface area contributed by atoms with Crippen molar-refractivity contribution in [3.8, 4) is 0 Å². The van der Waals surface area contributed by atoms with Crippen molar-refractivity contribution in [2.75, 3.05) is 0 Å². The Kier molecular flexibility index (Phi) is 5.05. The van der Waals surface area contributed by atoms with Crippen molar-refractivity contribution in [1.29, 1.82) is 0 Å². The lowest BCUT2D eigenvalue weighted by atomic mass is 9.43. The lowest BCUT2D eigenvalue weighted by molar-refractivity contribution is -0.151. The molecule has 170 valence electrons. The fourth-order valence-corrected chi connectivity index (χ4v) is 9.45. The lowest BCUT2D eigenvalue weighted by Crippen LogP contribution is -2.63. The molecule has 0 radical (unpaired) electrons. The molecule has 0 aromatic heterocycles. The van der Waals surface area contributed by atoms with Crippen LogP contribution in [0.1, 0.15) is 92.4 Å². The molecule has 4 saturated carbocycles. The second-order valence-corrected chi connectivity index (χ2v) is 12.6. The number of hydrogen-bond acceptors (Lipinski definition) is 3. The molecule has 3 heteroatoms. The summed E-state index contributed by atoms with van der Waals surface area (Å²) in [6.45, 7) is 11.9. The SMILES string of the molecule is CC(C)=CCCC(C)C1CCC2C3C(CC[C@]12C)[C@@]1(C)CC[C@H](O)CC12O[C@@H]2[C@@H]3O. The van der Waals surface area contributed by atoms with Crippen LogP contribution < -0.4 is 0 Å². The third-order valence-corrected chi connectivity index (χ3v) is 11.0. The summed E-state index contributed by atoms with van der Waals surface area (Å²) in [4.78, 5) is 0. The fourth-order valence-electron chi connectivity index (χ4n) is 9.45. The topological polar surface area (TPSA) is 53.0 Å². The Bertz CT molecular complexity index is 713. The van der Waals surface area contributed by atoms with Gasteiger partial charge in [0.05, 0.1) is 12.2 Å². The summed E-state index contributed by atoms with van der Waals surface area (Å²) in [7, 11) is 0. The van der Waals surface area contributed by atoms with E-state index in [1.807, 2.05) is 0 Å². The summed E-state index contributed by atoms with van der Waals surface area (Å²) in [6, 6.07) is 0. The van der Waals surface area contributed by atoms with Gasteiger partial charge < -0.3 is 14.9 Å². The molecule has 3 nitrogen and oxygen atoms in total. The zero-order chi connectivity index (χ0) is 21.5. The molecule has 1 heterocycles. The Hall–Kier alpha value is -0.380. The van der Waals surface area contributed by atoms with E-state index >= 15 is 0 Å². The highest BCUT2D eigenvalue weighted by molar-refractivity contribution is 5.27. The quantitative estimate of drug-likeness (QED) is 0.470. The van der Waals surface area contributed by atoms with Crippen molar-refractivity contribution >= 4 is 0 Å². The van der Waals surface area contributed by atoms with Gasteiger partial charge in [0.15, 0.2) is 0 Å². The number of rotatable bonds is 4. The molecule has 11 atom stereocenters. The smallest absolute Gasteiger partial charge is 0.114 e. The summed E-state index contributed by atoms with van der Waals surface area (Å²) in [5.41, 5.74) is 1.69. The first-order valence-electron chi connectivity index (χ1n) is 12.8. The van der Waals surface area contributed by atoms with E-state index in [0.717, 1.165) is 31.1 Å². The van der Waals surface area contributed by atoms with Crippen LogP contribution in [0.5, 0.6) is 0 Å². The third kappa shape index (κ3) is 2.80. The highest BCUT2D eigenvalue weighted by Gasteiger charge is 2.79. The van der Waals surface area contributed by atoms with E-state index in [4.69, 9.17) is 4.74 Å². The highest BCUT2D eigenvalue weighted by atomic mass is 16.6. The van der Waals surface area contributed by atoms with E-state index in [1.165, 1.54) is 44.1 Å². The van der Waals surface area contributed by atoms with Crippen LogP contribution >= 0.6 is 0 Å². The third-order valence-electron chi connectivity index (χ3n) is 11.0. The number of allylic oxidation sites excluding steroid dienone is 2. The summed E-state index contributed by atoms with van der Waals surface area (Å²) >= 11 is 0. The Labute approximate surface area is 183 Å². The Balaban J connectivity index is 1.39. The molecule has 2 N–H and O–H groups in total. The van der Waals surface area contributed by atoms with Crippen LogP contribution in [0.15, 0.2) is 11.6 Å². The van der Waals surface area contributed by atoms with Crippen LogP contribution in [0.3, 0.4) is 0 Å². The number of hydrogen-bond donors (Lipinski definition) is 2. The maximum Gasteiger partial charge on any atom is 0.114 e. The van der Waals surface area contributed by atoms with Gasteiger partial charge in [-0.2, -0.15) is 0 Å². The number of fused-ring (bicyclic) bond motifs is 4. The molecule has 5 aliphatic rings.